The number of para-hydroxylation sites is 1. The van der Waals surface area contributed by atoms with Crippen molar-refractivity contribution in [3.05, 3.63) is 28.2 Å². The van der Waals surface area contributed by atoms with Crippen molar-refractivity contribution in [3.8, 4) is 0 Å². The van der Waals surface area contributed by atoms with Crippen molar-refractivity contribution in [2.24, 2.45) is 16.6 Å². The average molecular weight is 347 g/mol. The summed E-state index contributed by atoms with van der Waals surface area (Å²) in [4.78, 5) is 0. The van der Waals surface area contributed by atoms with Crippen LogP contribution < -0.4 is 16.9 Å². The van der Waals surface area contributed by atoms with Crippen LogP contribution >= 0.6 is 47.2 Å². The Morgan fingerprint density at radius 3 is 2.14 bits per heavy atom. The van der Waals surface area contributed by atoms with Crippen molar-refractivity contribution < 1.29 is 0 Å². The molecule has 0 aliphatic heterocycles. The molecular weight excluding hydrogens is 338 g/mol. The number of hydrogen-bond donors (Lipinski definition) is 3. The summed E-state index contributed by atoms with van der Waals surface area (Å²) in [7, 11) is 0. The summed E-state index contributed by atoms with van der Waals surface area (Å²) in [5.41, 5.74) is 13.3. The van der Waals surface area contributed by atoms with Crippen LogP contribution in [0.3, 0.4) is 0 Å². The maximum Gasteiger partial charge on any atom is 0.208 e. The third-order valence-electron chi connectivity index (χ3n) is 1.26. The Morgan fingerprint density at radius 2 is 1.71 bits per heavy atom. The lowest BCUT2D eigenvalue weighted by Gasteiger charge is -2.04. The molecule has 1 aromatic carbocycles. The SMILES string of the molecule is I.NC(N)=NNc1c(Cl)cccc1Cl. The molecule has 0 bridgehead atoms. The van der Waals surface area contributed by atoms with Crippen LogP contribution in [0.1, 0.15) is 0 Å². The number of benzene rings is 1. The van der Waals surface area contributed by atoms with Crippen LogP contribution in [0, 0.1) is 0 Å². The van der Waals surface area contributed by atoms with Crippen molar-refractivity contribution in [1.29, 1.82) is 0 Å². The van der Waals surface area contributed by atoms with Gasteiger partial charge in [0, 0.05) is 0 Å². The Kier molecular flexibility index (Phi) is 5.98. The van der Waals surface area contributed by atoms with Crippen LogP contribution in [-0.2, 0) is 0 Å². The van der Waals surface area contributed by atoms with E-state index >= 15 is 0 Å². The van der Waals surface area contributed by atoms with E-state index in [0.717, 1.165) is 0 Å². The highest BCUT2D eigenvalue weighted by Crippen LogP contribution is 2.29. The molecule has 78 valence electrons. The molecule has 4 nitrogen and oxygen atoms in total. The molecule has 0 spiro atoms. The van der Waals surface area contributed by atoms with Gasteiger partial charge >= 0.3 is 0 Å². The minimum Gasteiger partial charge on any atom is -0.369 e. The van der Waals surface area contributed by atoms with Crippen molar-refractivity contribution in [3.63, 3.8) is 0 Å². The van der Waals surface area contributed by atoms with E-state index in [1.54, 1.807) is 18.2 Å². The second-order valence-electron chi connectivity index (χ2n) is 2.25. The van der Waals surface area contributed by atoms with Gasteiger partial charge in [0.05, 0.1) is 15.7 Å². The van der Waals surface area contributed by atoms with Crippen molar-refractivity contribution in [2.75, 3.05) is 5.43 Å². The fraction of sp³-hybridized carbons (Fsp3) is 0. The Balaban J connectivity index is 0.00000169. The molecule has 0 aromatic heterocycles. The number of guanidine groups is 1. The van der Waals surface area contributed by atoms with Crippen LogP contribution in [-0.4, -0.2) is 5.96 Å². The zero-order chi connectivity index (χ0) is 9.84. The summed E-state index contributed by atoms with van der Waals surface area (Å²) in [6.07, 6.45) is 0. The Bertz CT molecular complexity index is 318. The van der Waals surface area contributed by atoms with Crippen molar-refractivity contribution in [2.45, 2.75) is 0 Å². The summed E-state index contributed by atoms with van der Waals surface area (Å²) in [6.45, 7) is 0. The first kappa shape index (κ1) is 13.6. The van der Waals surface area contributed by atoms with Gasteiger partial charge in [0.15, 0.2) is 0 Å². The van der Waals surface area contributed by atoms with E-state index in [1.165, 1.54) is 0 Å². The highest BCUT2D eigenvalue weighted by atomic mass is 127. The number of hydrazone groups is 1. The van der Waals surface area contributed by atoms with Gasteiger partial charge in [-0.2, -0.15) is 0 Å². The van der Waals surface area contributed by atoms with Gasteiger partial charge in [0.25, 0.3) is 0 Å². The molecule has 0 saturated heterocycles. The number of rotatable bonds is 2. The topological polar surface area (TPSA) is 76.4 Å². The molecule has 0 atom stereocenters. The van der Waals surface area contributed by atoms with E-state index in [4.69, 9.17) is 34.7 Å². The number of nitrogens with one attached hydrogen (secondary N) is 1. The van der Waals surface area contributed by atoms with E-state index in [-0.39, 0.29) is 29.9 Å². The molecule has 0 aliphatic carbocycles. The Labute approximate surface area is 109 Å². The van der Waals surface area contributed by atoms with Crippen LogP contribution in [0.2, 0.25) is 10.0 Å². The quantitative estimate of drug-likeness (QED) is 0.332. The summed E-state index contributed by atoms with van der Waals surface area (Å²) in [5, 5.41) is 4.48. The lowest BCUT2D eigenvalue weighted by molar-refractivity contribution is 1.29. The summed E-state index contributed by atoms with van der Waals surface area (Å²) < 4.78 is 0. The van der Waals surface area contributed by atoms with Gasteiger partial charge in [0.2, 0.25) is 5.96 Å². The van der Waals surface area contributed by atoms with Crippen LogP contribution in [0.15, 0.2) is 23.3 Å². The highest BCUT2D eigenvalue weighted by molar-refractivity contribution is 14.0. The Morgan fingerprint density at radius 1 is 1.21 bits per heavy atom. The fourth-order valence-electron chi connectivity index (χ4n) is 0.725. The van der Waals surface area contributed by atoms with E-state index < -0.39 is 0 Å². The highest BCUT2D eigenvalue weighted by Gasteiger charge is 2.02. The van der Waals surface area contributed by atoms with Crippen LogP contribution in [0.5, 0.6) is 0 Å². The van der Waals surface area contributed by atoms with Gasteiger partial charge in [-0.25, -0.2) is 0 Å². The van der Waals surface area contributed by atoms with Gasteiger partial charge in [0.1, 0.15) is 0 Å². The van der Waals surface area contributed by atoms with Gasteiger partial charge in [-0.1, -0.05) is 29.3 Å². The molecule has 1 rings (SSSR count). The van der Waals surface area contributed by atoms with Crippen LogP contribution in [0.25, 0.3) is 0 Å². The van der Waals surface area contributed by atoms with E-state index in [1.807, 2.05) is 0 Å². The first-order valence-corrected chi connectivity index (χ1v) is 4.15. The fourth-order valence-corrected chi connectivity index (χ4v) is 1.21. The largest absolute Gasteiger partial charge is 0.369 e. The maximum absolute atomic E-state index is 5.82. The molecule has 7 heteroatoms. The van der Waals surface area contributed by atoms with Gasteiger partial charge in [-0.3, -0.25) is 5.43 Å². The molecule has 14 heavy (non-hydrogen) atoms. The molecule has 0 aliphatic rings. The molecule has 0 saturated carbocycles. The van der Waals surface area contributed by atoms with Crippen molar-refractivity contribution >= 4 is 58.8 Å². The second-order valence-corrected chi connectivity index (χ2v) is 3.06. The minimum atomic E-state index is -0.0870. The number of hydrogen-bond acceptors (Lipinski definition) is 2. The number of nitrogens with two attached hydrogens (primary N) is 2. The third kappa shape index (κ3) is 3.77. The van der Waals surface area contributed by atoms with E-state index in [2.05, 4.69) is 10.5 Å². The molecule has 0 unspecified atom stereocenters. The van der Waals surface area contributed by atoms with Crippen LogP contribution in [0.4, 0.5) is 5.69 Å². The maximum atomic E-state index is 5.82. The second kappa shape index (κ2) is 6.15. The molecular formula is C7H9Cl2IN4. The van der Waals surface area contributed by atoms with Gasteiger partial charge in [-0.05, 0) is 12.1 Å². The summed E-state index contributed by atoms with van der Waals surface area (Å²) in [5.74, 6) is -0.0870. The molecule has 0 fully saturated rings. The minimum absolute atomic E-state index is 0. The first-order chi connectivity index (χ1) is 6.11. The lowest BCUT2D eigenvalue weighted by Crippen LogP contribution is -2.24. The van der Waals surface area contributed by atoms with E-state index in [9.17, 15) is 0 Å². The average Bonchev–Trinajstić information content (AvgIpc) is 2.03. The normalized spacial score (nSPS) is 8.71. The zero-order valence-electron chi connectivity index (χ0n) is 7.00. The summed E-state index contributed by atoms with van der Waals surface area (Å²) in [6, 6.07) is 5.08. The number of nitrogens with zero attached hydrogens (tertiary/aromatic N) is 1. The molecule has 5 N–H and O–H groups in total. The third-order valence-corrected chi connectivity index (χ3v) is 1.89. The van der Waals surface area contributed by atoms with Crippen molar-refractivity contribution in [1.82, 2.24) is 0 Å². The first-order valence-electron chi connectivity index (χ1n) is 3.40. The molecule has 0 heterocycles. The molecule has 1 aromatic rings. The van der Waals surface area contributed by atoms with Gasteiger partial charge < -0.3 is 11.5 Å². The molecule has 0 radical (unpaired) electrons. The lowest BCUT2D eigenvalue weighted by atomic mass is 10.3. The predicted octanol–water partition coefficient (Wildman–Crippen LogP) is 2.21. The Hall–Kier alpha value is -0.400. The standard InChI is InChI=1S/C7H8Cl2N4.HI/c8-4-2-1-3-5(9)6(4)12-13-7(10)11;/h1-3,12H,(H4,10,11,13);1H. The smallest absolute Gasteiger partial charge is 0.208 e. The zero-order valence-corrected chi connectivity index (χ0v) is 10.8. The monoisotopic (exact) mass is 346 g/mol. The summed E-state index contributed by atoms with van der Waals surface area (Å²) >= 11 is 11.6. The number of anilines is 1. The van der Waals surface area contributed by atoms with Gasteiger partial charge in [-0.15, -0.1) is 29.1 Å². The van der Waals surface area contributed by atoms with E-state index in [0.29, 0.717) is 15.7 Å². The predicted molar refractivity (Wildman–Crippen MR) is 71.3 cm³/mol. The number of halogens is 3. The molecule has 0 amide bonds.